The molecule has 2 rings (SSSR count). The summed E-state index contributed by atoms with van der Waals surface area (Å²) in [5, 5.41) is 24.8. The molecule has 0 atom stereocenters. The van der Waals surface area contributed by atoms with E-state index in [1.165, 1.54) is 12.8 Å². The number of aliphatic hydroxyl groups is 1. The molecule has 0 saturated heterocycles. The monoisotopic (exact) mass is 256 g/mol. The van der Waals surface area contributed by atoms with E-state index >= 15 is 0 Å². The summed E-state index contributed by atoms with van der Waals surface area (Å²) < 4.78 is 0. The van der Waals surface area contributed by atoms with Gasteiger partial charge in [0.1, 0.15) is 0 Å². The average Bonchev–Trinajstić information content (AvgIpc) is 2.88. The van der Waals surface area contributed by atoms with Crippen LogP contribution < -0.4 is 5.32 Å². The molecule has 2 N–H and O–H groups in total. The molecule has 0 unspecified atom stereocenters. The predicted molar refractivity (Wildman–Crippen MR) is 66.0 cm³/mol. The van der Waals surface area contributed by atoms with Gasteiger partial charge in [-0.05, 0) is 30.2 Å². The molecule has 0 amide bonds. The normalized spacial score (nSPS) is 17.0. The van der Waals surface area contributed by atoms with E-state index < -0.39 is 0 Å². The number of thiophene rings is 1. The van der Waals surface area contributed by atoms with E-state index in [9.17, 15) is 10.1 Å². The predicted octanol–water partition coefficient (Wildman–Crippen LogP) is 1.91. The number of nitrogens with one attached hydrogen (secondary N) is 1. The Labute approximate surface area is 104 Å². The highest BCUT2D eigenvalue weighted by Gasteiger charge is 2.41. The SMILES string of the molecule is O=[N+]([O-])c1cc(CNCC2(CCO)CC2)cs1. The number of rotatable bonds is 7. The lowest BCUT2D eigenvalue weighted by Gasteiger charge is -2.13. The van der Waals surface area contributed by atoms with Crippen molar-refractivity contribution in [2.45, 2.75) is 25.8 Å². The maximum absolute atomic E-state index is 10.5. The fourth-order valence-electron chi connectivity index (χ4n) is 1.95. The fraction of sp³-hybridized carbons (Fsp3) is 0.636. The largest absolute Gasteiger partial charge is 0.396 e. The molecule has 0 spiro atoms. The third-order valence-electron chi connectivity index (χ3n) is 3.25. The van der Waals surface area contributed by atoms with Crippen LogP contribution in [-0.4, -0.2) is 23.2 Å². The van der Waals surface area contributed by atoms with Crippen molar-refractivity contribution in [2.24, 2.45) is 5.41 Å². The van der Waals surface area contributed by atoms with Gasteiger partial charge < -0.3 is 10.4 Å². The highest BCUT2D eigenvalue weighted by Crippen LogP contribution is 2.47. The summed E-state index contributed by atoms with van der Waals surface area (Å²) in [5.74, 6) is 0. The lowest BCUT2D eigenvalue weighted by Crippen LogP contribution is -2.24. The van der Waals surface area contributed by atoms with E-state index in [0.717, 1.165) is 29.9 Å². The Morgan fingerprint density at radius 2 is 2.35 bits per heavy atom. The Hall–Kier alpha value is -0.980. The number of nitrogens with zero attached hydrogens (tertiary/aromatic N) is 1. The summed E-state index contributed by atoms with van der Waals surface area (Å²) in [6, 6.07) is 1.61. The first-order valence-corrected chi connectivity index (χ1v) is 6.57. The van der Waals surface area contributed by atoms with Gasteiger partial charge in [0.15, 0.2) is 0 Å². The maximum atomic E-state index is 10.5. The first kappa shape index (κ1) is 12.5. The Bertz CT molecular complexity index is 401. The number of aliphatic hydroxyl groups excluding tert-OH is 1. The average molecular weight is 256 g/mol. The Morgan fingerprint density at radius 3 is 2.88 bits per heavy atom. The Balaban J connectivity index is 1.76. The molecule has 1 saturated carbocycles. The summed E-state index contributed by atoms with van der Waals surface area (Å²) in [7, 11) is 0. The first-order chi connectivity index (χ1) is 8.15. The van der Waals surface area contributed by atoms with Crippen molar-refractivity contribution >= 4 is 16.3 Å². The van der Waals surface area contributed by atoms with Gasteiger partial charge in [0.05, 0.1) is 4.92 Å². The minimum atomic E-state index is -0.359. The van der Waals surface area contributed by atoms with Crippen molar-refractivity contribution < 1.29 is 10.0 Å². The van der Waals surface area contributed by atoms with Crippen LogP contribution >= 0.6 is 11.3 Å². The molecule has 1 heterocycles. The van der Waals surface area contributed by atoms with Crippen molar-refractivity contribution in [2.75, 3.05) is 13.2 Å². The van der Waals surface area contributed by atoms with Crippen molar-refractivity contribution in [3.8, 4) is 0 Å². The molecule has 1 aliphatic rings. The summed E-state index contributed by atoms with van der Waals surface area (Å²) in [5.41, 5.74) is 1.25. The van der Waals surface area contributed by atoms with Crippen molar-refractivity contribution in [3.05, 3.63) is 27.1 Å². The topological polar surface area (TPSA) is 75.4 Å². The van der Waals surface area contributed by atoms with Gasteiger partial charge in [0, 0.05) is 31.1 Å². The van der Waals surface area contributed by atoms with Crippen LogP contribution in [0.3, 0.4) is 0 Å². The fourth-order valence-corrected chi connectivity index (χ4v) is 2.68. The van der Waals surface area contributed by atoms with E-state index in [-0.39, 0.29) is 21.9 Å². The van der Waals surface area contributed by atoms with Gasteiger partial charge in [-0.2, -0.15) is 0 Å². The van der Waals surface area contributed by atoms with E-state index in [1.807, 2.05) is 5.38 Å². The van der Waals surface area contributed by atoms with E-state index in [4.69, 9.17) is 5.11 Å². The van der Waals surface area contributed by atoms with Gasteiger partial charge in [-0.15, -0.1) is 0 Å². The minimum Gasteiger partial charge on any atom is -0.396 e. The van der Waals surface area contributed by atoms with E-state index in [0.29, 0.717) is 6.54 Å². The van der Waals surface area contributed by atoms with Crippen LogP contribution in [0.5, 0.6) is 0 Å². The smallest absolute Gasteiger partial charge is 0.324 e. The van der Waals surface area contributed by atoms with Crippen LogP contribution in [0, 0.1) is 15.5 Å². The zero-order valence-corrected chi connectivity index (χ0v) is 10.3. The molecule has 0 aliphatic heterocycles. The van der Waals surface area contributed by atoms with Crippen LogP contribution in [-0.2, 0) is 6.54 Å². The van der Waals surface area contributed by atoms with Gasteiger partial charge in [-0.1, -0.05) is 11.3 Å². The quantitative estimate of drug-likeness (QED) is 0.577. The van der Waals surface area contributed by atoms with Crippen LogP contribution in [0.25, 0.3) is 0 Å². The summed E-state index contributed by atoms with van der Waals surface area (Å²) in [6.07, 6.45) is 3.19. The van der Waals surface area contributed by atoms with Gasteiger partial charge in [-0.3, -0.25) is 10.1 Å². The molecule has 6 heteroatoms. The highest BCUT2D eigenvalue weighted by atomic mass is 32.1. The molecular formula is C11H16N2O3S. The van der Waals surface area contributed by atoms with Crippen LogP contribution in [0.2, 0.25) is 0 Å². The third-order valence-corrected chi connectivity index (χ3v) is 4.18. The van der Waals surface area contributed by atoms with Crippen molar-refractivity contribution in [1.82, 2.24) is 5.32 Å². The van der Waals surface area contributed by atoms with Crippen molar-refractivity contribution in [3.63, 3.8) is 0 Å². The first-order valence-electron chi connectivity index (χ1n) is 5.69. The number of nitro groups is 1. The molecule has 0 bridgehead atoms. The lowest BCUT2D eigenvalue weighted by molar-refractivity contribution is -0.380. The molecule has 17 heavy (non-hydrogen) atoms. The standard InChI is InChI=1S/C11H16N2O3S/c14-4-3-11(1-2-11)8-12-6-9-5-10(13(15)16)17-7-9/h5,7,12,14H,1-4,6,8H2. The molecule has 1 aromatic rings. The second-order valence-corrected chi connectivity index (χ2v) is 5.52. The molecule has 94 valence electrons. The highest BCUT2D eigenvalue weighted by molar-refractivity contribution is 7.13. The second kappa shape index (κ2) is 5.12. The van der Waals surface area contributed by atoms with Gasteiger partial charge >= 0.3 is 5.00 Å². The Morgan fingerprint density at radius 1 is 1.59 bits per heavy atom. The molecular weight excluding hydrogens is 240 g/mol. The zero-order valence-electron chi connectivity index (χ0n) is 9.52. The zero-order chi connectivity index (χ0) is 12.3. The summed E-state index contributed by atoms with van der Waals surface area (Å²) in [4.78, 5) is 10.2. The summed E-state index contributed by atoms with van der Waals surface area (Å²) in [6.45, 7) is 1.79. The van der Waals surface area contributed by atoms with Crippen LogP contribution in [0.4, 0.5) is 5.00 Å². The van der Waals surface area contributed by atoms with Crippen LogP contribution in [0.15, 0.2) is 11.4 Å². The maximum Gasteiger partial charge on any atom is 0.324 e. The Kier molecular flexibility index (Phi) is 3.76. The molecule has 1 fully saturated rings. The van der Waals surface area contributed by atoms with Crippen LogP contribution in [0.1, 0.15) is 24.8 Å². The number of hydrogen-bond donors (Lipinski definition) is 2. The lowest BCUT2D eigenvalue weighted by atomic mass is 10.0. The van der Waals surface area contributed by atoms with Crippen molar-refractivity contribution in [1.29, 1.82) is 0 Å². The third kappa shape index (κ3) is 3.24. The molecule has 0 aromatic carbocycles. The minimum absolute atomic E-state index is 0.193. The number of hydrogen-bond acceptors (Lipinski definition) is 5. The molecule has 0 radical (unpaired) electrons. The van der Waals surface area contributed by atoms with Gasteiger partial charge in [0.2, 0.25) is 0 Å². The van der Waals surface area contributed by atoms with E-state index in [1.54, 1.807) is 6.07 Å². The molecule has 1 aromatic heterocycles. The van der Waals surface area contributed by atoms with Gasteiger partial charge in [0.25, 0.3) is 0 Å². The van der Waals surface area contributed by atoms with E-state index in [2.05, 4.69) is 5.32 Å². The molecule has 5 nitrogen and oxygen atoms in total. The summed E-state index contributed by atoms with van der Waals surface area (Å²) >= 11 is 1.16. The molecule has 1 aliphatic carbocycles. The second-order valence-electron chi connectivity index (χ2n) is 4.63. The van der Waals surface area contributed by atoms with Gasteiger partial charge in [-0.25, -0.2) is 0 Å².